The quantitative estimate of drug-likeness (QED) is 0.274. The number of thiazole rings is 1. The Balaban J connectivity index is 1.56. The number of halogens is 3. The van der Waals surface area contributed by atoms with E-state index in [2.05, 4.69) is 9.72 Å². The SMILES string of the molecule is Cc1nc(-c2ccccc2)sc1C(=O)C1=C(O)C(=O)N(c2ccc(OC(F)(F)F)cc2)C1c1ccccc1. The van der Waals surface area contributed by atoms with Gasteiger partial charge in [0.25, 0.3) is 5.91 Å². The lowest BCUT2D eigenvalue weighted by Crippen LogP contribution is -2.31. The average Bonchev–Trinajstić information content (AvgIpc) is 3.41. The van der Waals surface area contributed by atoms with Crippen LogP contribution in [0.1, 0.15) is 27.0 Å². The number of ether oxygens (including phenoxy) is 1. The molecule has 0 spiro atoms. The largest absolute Gasteiger partial charge is 0.573 e. The Bertz CT molecular complexity index is 1530. The number of ketones is 1. The third kappa shape index (κ3) is 4.78. The van der Waals surface area contributed by atoms with E-state index in [1.54, 1.807) is 37.3 Å². The molecule has 0 saturated carbocycles. The number of anilines is 1. The summed E-state index contributed by atoms with van der Waals surface area (Å²) in [5.41, 5.74) is 1.85. The van der Waals surface area contributed by atoms with Gasteiger partial charge in [-0.2, -0.15) is 0 Å². The van der Waals surface area contributed by atoms with Crippen LogP contribution in [0.15, 0.2) is 96.3 Å². The van der Waals surface area contributed by atoms with Gasteiger partial charge in [0.15, 0.2) is 5.76 Å². The Morgan fingerprint density at radius 2 is 1.58 bits per heavy atom. The molecule has 1 unspecified atom stereocenters. The molecule has 1 aliphatic heterocycles. The predicted molar refractivity (Wildman–Crippen MR) is 136 cm³/mol. The maximum absolute atomic E-state index is 13.9. The molecule has 4 aromatic rings. The van der Waals surface area contributed by atoms with Gasteiger partial charge in [-0.3, -0.25) is 14.5 Å². The minimum Gasteiger partial charge on any atom is -0.503 e. The van der Waals surface area contributed by atoms with Crippen molar-refractivity contribution in [2.24, 2.45) is 0 Å². The minimum absolute atomic E-state index is 0.136. The first-order chi connectivity index (χ1) is 18.1. The van der Waals surface area contributed by atoms with E-state index in [1.165, 1.54) is 17.0 Å². The van der Waals surface area contributed by atoms with Crippen LogP contribution in [0.5, 0.6) is 5.75 Å². The number of nitrogens with zero attached hydrogens (tertiary/aromatic N) is 2. The predicted octanol–water partition coefficient (Wildman–Crippen LogP) is 6.80. The maximum Gasteiger partial charge on any atom is 0.573 e. The third-order valence-electron chi connectivity index (χ3n) is 5.94. The summed E-state index contributed by atoms with van der Waals surface area (Å²) in [6.45, 7) is 1.68. The molecule has 1 aromatic heterocycles. The van der Waals surface area contributed by atoms with E-state index in [-0.39, 0.29) is 16.1 Å². The van der Waals surface area contributed by atoms with Gasteiger partial charge >= 0.3 is 6.36 Å². The van der Waals surface area contributed by atoms with Gasteiger partial charge in [0, 0.05) is 11.3 Å². The van der Waals surface area contributed by atoms with Crippen LogP contribution < -0.4 is 9.64 Å². The zero-order valence-corrected chi connectivity index (χ0v) is 20.6. The monoisotopic (exact) mass is 536 g/mol. The normalized spacial score (nSPS) is 15.7. The number of aryl methyl sites for hydroxylation is 1. The zero-order chi connectivity index (χ0) is 27.0. The van der Waals surface area contributed by atoms with Crippen LogP contribution in [0.25, 0.3) is 10.6 Å². The van der Waals surface area contributed by atoms with Crippen LogP contribution in [-0.2, 0) is 4.79 Å². The highest BCUT2D eigenvalue weighted by Crippen LogP contribution is 2.43. The lowest BCUT2D eigenvalue weighted by molar-refractivity contribution is -0.274. The van der Waals surface area contributed by atoms with Gasteiger partial charge in [-0.1, -0.05) is 60.7 Å². The lowest BCUT2D eigenvalue weighted by Gasteiger charge is -2.27. The molecule has 1 N–H and O–H groups in total. The van der Waals surface area contributed by atoms with E-state index < -0.39 is 35.6 Å². The molecule has 10 heteroatoms. The number of aliphatic hydroxyl groups is 1. The molecule has 0 radical (unpaired) electrons. The molecule has 2 heterocycles. The van der Waals surface area contributed by atoms with Crippen molar-refractivity contribution in [1.82, 2.24) is 4.98 Å². The minimum atomic E-state index is -4.87. The van der Waals surface area contributed by atoms with Gasteiger partial charge in [0.2, 0.25) is 5.78 Å². The van der Waals surface area contributed by atoms with E-state index in [1.807, 2.05) is 30.3 Å². The van der Waals surface area contributed by atoms with Crippen molar-refractivity contribution in [1.29, 1.82) is 0 Å². The zero-order valence-electron chi connectivity index (χ0n) is 19.8. The smallest absolute Gasteiger partial charge is 0.503 e. The van der Waals surface area contributed by atoms with Crippen molar-refractivity contribution in [3.63, 3.8) is 0 Å². The second-order valence-electron chi connectivity index (χ2n) is 8.42. The number of rotatable bonds is 6. The fourth-order valence-electron chi connectivity index (χ4n) is 4.30. The van der Waals surface area contributed by atoms with Crippen molar-refractivity contribution in [2.45, 2.75) is 19.3 Å². The topological polar surface area (TPSA) is 79.7 Å². The number of aliphatic hydroxyl groups excluding tert-OH is 1. The van der Waals surface area contributed by atoms with Crippen LogP contribution in [0.2, 0.25) is 0 Å². The Hall–Kier alpha value is -4.44. The van der Waals surface area contributed by atoms with E-state index in [9.17, 15) is 27.9 Å². The van der Waals surface area contributed by atoms with E-state index in [0.717, 1.165) is 29.0 Å². The fraction of sp³-hybridized carbons (Fsp3) is 0.107. The van der Waals surface area contributed by atoms with Crippen molar-refractivity contribution in [2.75, 3.05) is 4.90 Å². The summed E-state index contributed by atoms with van der Waals surface area (Å²) >= 11 is 1.15. The first-order valence-electron chi connectivity index (χ1n) is 11.4. The van der Waals surface area contributed by atoms with Crippen molar-refractivity contribution >= 4 is 28.7 Å². The second-order valence-corrected chi connectivity index (χ2v) is 9.42. The molecule has 5 rings (SSSR count). The average molecular weight is 537 g/mol. The maximum atomic E-state index is 13.9. The summed E-state index contributed by atoms with van der Waals surface area (Å²) in [5, 5.41) is 11.6. The molecular formula is C28H19F3N2O4S. The number of Topliss-reactive ketones (excluding diaryl/α,β-unsaturated/α-hetero) is 1. The summed E-state index contributed by atoms with van der Waals surface area (Å²) in [7, 11) is 0. The number of hydrogen-bond donors (Lipinski definition) is 1. The molecule has 0 saturated heterocycles. The van der Waals surface area contributed by atoms with Gasteiger partial charge in [-0.25, -0.2) is 4.98 Å². The Morgan fingerprint density at radius 3 is 2.18 bits per heavy atom. The molecule has 1 atom stereocenters. The van der Waals surface area contributed by atoms with E-state index >= 15 is 0 Å². The van der Waals surface area contributed by atoms with E-state index in [0.29, 0.717) is 16.3 Å². The Morgan fingerprint density at radius 1 is 0.974 bits per heavy atom. The lowest BCUT2D eigenvalue weighted by atomic mass is 9.95. The standard InChI is InChI=1S/C28H19F3N2O4S/c1-16-25(38-26(32-16)18-10-6-3-7-11-18)23(34)21-22(17-8-4-2-5-9-17)33(27(36)24(21)35)19-12-14-20(15-13-19)37-28(29,30)31/h2-15,22,35H,1H3. The van der Waals surface area contributed by atoms with Crippen LogP contribution in [0.4, 0.5) is 18.9 Å². The summed E-state index contributed by atoms with van der Waals surface area (Å²) < 4.78 is 41.8. The Kier molecular flexibility index (Phi) is 6.50. The van der Waals surface area contributed by atoms with Crippen molar-refractivity contribution in [3.05, 3.63) is 112 Å². The molecule has 3 aromatic carbocycles. The molecule has 1 aliphatic rings. The highest BCUT2D eigenvalue weighted by Gasteiger charge is 2.45. The Labute approximate surface area is 219 Å². The van der Waals surface area contributed by atoms with Crippen molar-refractivity contribution in [3.8, 4) is 16.3 Å². The van der Waals surface area contributed by atoms with Crippen LogP contribution in [0, 0.1) is 6.92 Å². The van der Waals surface area contributed by atoms with Gasteiger partial charge in [-0.05, 0) is 36.8 Å². The summed E-state index contributed by atoms with van der Waals surface area (Å²) in [4.78, 5) is 33.1. The van der Waals surface area contributed by atoms with Gasteiger partial charge in [0.1, 0.15) is 10.8 Å². The molecular weight excluding hydrogens is 517 g/mol. The third-order valence-corrected chi connectivity index (χ3v) is 7.15. The van der Waals surface area contributed by atoms with Gasteiger partial charge in [-0.15, -0.1) is 24.5 Å². The molecule has 38 heavy (non-hydrogen) atoms. The number of carbonyl (C=O) groups is 2. The number of carbonyl (C=O) groups excluding carboxylic acids is 2. The first kappa shape index (κ1) is 25.2. The number of aromatic nitrogens is 1. The molecule has 192 valence electrons. The van der Waals surface area contributed by atoms with Crippen LogP contribution in [-0.4, -0.2) is 28.1 Å². The number of hydrogen-bond acceptors (Lipinski definition) is 6. The van der Waals surface area contributed by atoms with Gasteiger partial charge in [0.05, 0.1) is 22.2 Å². The highest BCUT2D eigenvalue weighted by atomic mass is 32.1. The van der Waals surface area contributed by atoms with Crippen LogP contribution >= 0.6 is 11.3 Å². The highest BCUT2D eigenvalue weighted by molar-refractivity contribution is 7.17. The second kappa shape index (κ2) is 9.79. The van der Waals surface area contributed by atoms with E-state index in [4.69, 9.17) is 0 Å². The molecule has 0 bridgehead atoms. The van der Waals surface area contributed by atoms with Crippen LogP contribution in [0.3, 0.4) is 0 Å². The number of benzene rings is 3. The summed E-state index contributed by atoms with van der Waals surface area (Å²) in [5.74, 6) is -2.60. The molecule has 0 aliphatic carbocycles. The molecule has 0 fully saturated rings. The summed E-state index contributed by atoms with van der Waals surface area (Å²) in [6, 6.07) is 21.5. The number of alkyl halides is 3. The van der Waals surface area contributed by atoms with Gasteiger partial charge < -0.3 is 9.84 Å². The number of amides is 1. The summed E-state index contributed by atoms with van der Waals surface area (Å²) in [6.07, 6.45) is -4.87. The fourth-order valence-corrected chi connectivity index (χ4v) is 5.32. The first-order valence-corrected chi connectivity index (χ1v) is 12.2. The molecule has 1 amide bonds. The van der Waals surface area contributed by atoms with Crippen molar-refractivity contribution < 1.29 is 32.6 Å². The molecule has 6 nitrogen and oxygen atoms in total.